The largest absolute Gasteiger partial charge is 0.365 e. The van der Waals surface area contributed by atoms with Crippen molar-refractivity contribution in [3.8, 4) is 0 Å². The first kappa shape index (κ1) is 15.2. The van der Waals surface area contributed by atoms with E-state index in [1.807, 2.05) is 25.1 Å². The second-order valence-corrected chi connectivity index (χ2v) is 5.29. The molecule has 0 bridgehead atoms. The molecular weight excluding hydrogens is 332 g/mol. The van der Waals surface area contributed by atoms with E-state index in [0.717, 1.165) is 15.7 Å². The van der Waals surface area contributed by atoms with Crippen LogP contribution in [0, 0.1) is 6.92 Å². The first-order valence-corrected chi connectivity index (χ1v) is 7.14. The van der Waals surface area contributed by atoms with Gasteiger partial charge in [-0.05, 0) is 30.7 Å². The number of carbonyl (C=O) groups excluding carboxylic acids is 1. The van der Waals surface area contributed by atoms with E-state index in [1.165, 1.54) is 12.4 Å². The standard InChI is InChI=1S/C15H15BrN4O/c1-3-6-17-14-9-18-13(8-19-14)15(21)20-12-5-4-11(16)7-10(12)2/h3-5,7-9H,1,6H2,2H3,(H,17,19)(H,20,21). The fourth-order valence-corrected chi connectivity index (χ4v) is 2.14. The number of aromatic nitrogens is 2. The maximum atomic E-state index is 12.1. The molecular formula is C15H15BrN4O. The Bertz CT molecular complexity index is 655. The smallest absolute Gasteiger partial charge is 0.275 e. The third kappa shape index (κ3) is 4.13. The van der Waals surface area contributed by atoms with E-state index < -0.39 is 0 Å². The lowest BCUT2D eigenvalue weighted by atomic mass is 10.2. The fraction of sp³-hybridized carbons (Fsp3) is 0.133. The maximum Gasteiger partial charge on any atom is 0.275 e. The number of amides is 1. The second kappa shape index (κ2) is 6.99. The molecule has 0 aliphatic heterocycles. The van der Waals surface area contributed by atoms with Gasteiger partial charge in [0, 0.05) is 16.7 Å². The van der Waals surface area contributed by atoms with Crippen molar-refractivity contribution in [3.63, 3.8) is 0 Å². The summed E-state index contributed by atoms with van der Waals surface area (Å²) in [6, 6.07) is 5.64. The van der Waals surface area contributed by atoms with Gasteiger partial charge in [0.1, 0.15) is 11.5 Å². The summed E-state index contributed by atoms with van der Waals surface area (Å²) in [6.07, 6.45) is 4.68. The molecule has 0 atom stereocenters. The van der Waals surface area contributed by atoms with Gasteiger partial charge in [0.2, 0.25) is 0 Å². The molecule has 0 aliphatic rings. The summed E-state index contributed by atoms with van der Waals surface area (Å²) in [5, 5.41) is 5.81. The topological polar surface area (TPSA) is 66.9 Å². The van der Waals surface area contributed by atoms with Gasteiger partial charge >= 0.3 is 0 Å². The zero-order chi connectivity index (χ0) is 15.2. The molecule has 0 fully saturated rings. The van der Waals surface area contributed by atoms with Gasteiger partial charge < -0.3 is 10.6 Å². The molecule has 21 heavy (non-hydrogen) atoms. The lowest BCUT2D eigenvalue weighted by molar-refractivity contribution is 0.102. The van der Waals surface area contributed by atoms with E-state index in [0.29, 0.717) is 12.4 Å². The van der Waals surface area contributed by atoms with E-state index >= 15 is 0 Å². The van der Waals surface area contributed by atoms with Crippen molar-refractivity contribution in [2.45, 2.75) is 6.92 Å². The summed E-state index contributed by atoms with van der Waals surface area (Å²) < 4.78 is 0.968. The van der Waals surface area contributed by atoms with Gasteiger partial charge in [0.15, 0.2) is 0 Å². The van der Waals surface area contributed by atoms with Crippen LogP contribution in [0.3, 0.4) is 0 Å². The van der Waals surface area contributed by atoms with Crippen LogP contribution >= 0.6 is 15.9 Å². The highest BCUT2D eigenvalue weighted by atomic mass is 79.9. The van der Waals surface area contributed by atoms with E-state index in [-0.39, 0.29) is 11.6 Å². The van der Waals surface area contributed by atoms with Crippen LogP contribution in [-0.2, 0) is 0 Å². The van der Waals surface area contributed by atoms with Crippen molar-refractivity contribution in [3.05, 3.63) is 59.0 Å². The molecule has 1 aromatic heterocycles. The Labute approximate surface area is 131 Å². The van der Waals surface area contributed by atoms with Crippen LogP contribution in [0.2, 0.25) is 0 Å². The van der Waals surface area contributed by atoms with Crippen molar-refractivity contribution in [2.75, 3.05) is 17.2 Å². The molecule has 1 heterocycles. The number of hydrogen-bond donors (Lipinski definition) is 2. The number of hydrogen-bond acceptors (Lipinski definition) is 4. The van der Waals surface area contributed by atoms with Crippen LogP contribution in [0.15, 0.2) is 47.7 Å². The Morgan fingerprint density at radius 1 is 1.38 bits per heavy atom. The monoisotopic (exact) mass is 346 g/mol. The van der Waals surface area contributed by atoms with Gasteiger partial charge in [0.25, 0.3) is 5.91 Å². The summed E-state index contributed by atoms with van der Waals surface area (Å²) in [4.78, 5) is 20.3. The number of anilines is 2. The van der Waals surface area contributed by atoms with Gasteiger partial charge in [-0.25, -0.2) is 9.97 Å². The van der Waals surface area contributed by atoms with Gasteiger partial charge in [-0.1, -0.05) is 22.0 Å². The molecule has 2 aromatic rings. The number of halogens is 1. The first-order chi connectivity index (χ1) is 10.1. The molecule has 0 aliphatic carbocycles. The van der Waals surface area contributed by atoms with E-state index in [9.17, 15) is 4.79 Å². The van der Waals surface area contributed by atoms with Crippen molar-refractivity contribution in [1.29, 1.82) is 0 Å². The Hall–Kier alpha value is -2.21. The third-order valence-electron chi connectivity index (χ3n) is 2.75. The minimum atomic E-state index is -0.289. The molecule has 0 unspecified atom stereocenters. The lowest BCUT2D eigenvalue weighted by Gasteiger charge is -2.08. The molecule has 2 rings (SSSR count). The zero-order valence-electron chi connectivity index (χ0n) is 11.6. The number of rotatable bonds is 5. The lowest BCUT2D eigenvalue weighted by Crippen LogP contribution is -2.15. The van der Waals surface area contributed by atoms with Crippen LogP contribution in [0.4, 0.5) is 11.5 Å². The normalized spacial score (nSPS) is 10.0. The number of aryl methyl sites for hydroxylation is 1. The fourth-order valence-electron chi connectivity index (χ4n) is 1.67. The average Bonchev–Trinajstić information content (AvgIpc) is 2.48. The van der Waals surface area contributed by atoms with Crippen LogP contribution < -0.4 is 10.6 Å². The molecule has 108 valence electrons. The molecule has 5 nitrogen and oxygen atoms in total. The number of nitrogens with zero attached hydrogens (tertiary/aromatic N) is 2. The summed E-state index contributed by atoms with van der Waals surface area (Å²) in [5.74, 6) is 0.314. The van der Waals surface area contributed by atoms with Gasteiger partial charge in [-0.3, -0.25) is 4.79 Å². The summed E-state index contributed by atoms with van der Waals surface area (Å²) in [7, 11) is 0. The molecule has 0 radical (unpaired) electrons. The summed E-state index contributed by atoms with van der Waals surface area (Å²) in [5.41, 5.74) is 1.98. The Morgan fingerprint density at radius 3 is 2.81 bits per heavy atom. The molecule has 0 saturated heterocycles. The first-order valence-electron chi connectivity index (χ1n) is 6.34. The maximum absolute atomic E-state index is 12.1. The van der Waals surface area contributed by atoms with E-state index in [2.05, 4.69) is 43.1 Å². The Kier molecular flexibility index (Phi) is 5.05. The van der Waals surface area contributed by atoms with E-state index in [1.54, 1.807) is 6.08 Å². The Balaban J connectivity index is 2.07. The highest BCUT2D eigenvalue weighted by molar-refractivity contribution is 9.10. The molecule has 1 aromatic carbocycles. The molecule has 1 amide bonds. The predicted octanol–water partition coefficient (Wildman–Crippen LogP) is 3.40. The van der Waals surface area contributed by atoms with Crippen molar-refractivity contribution >= 4 is 33.3 Å². The van der Waals surface area contributed by atoms with E-state index in [4.69, 9.17) is 0 Å². The van der Waals surface area contributed by atoms with Crippen LogP contribution in [0.25, 0.3) is 0 Å². The molecule has 0 spiro atoms. The summed E-state index contributed by atoms with van der Waals surface area (Å²) >= 11 is 3.39. The molecule has 6 heteroatoms. The minimum absolute atomic E-state index is 0.265. The van der Waals surface area contributed by atoms with Crippen molar-refractivity contribution < 1.29 is 4.79 Å². The van der Waals surface area contributed by atoms with Crippen LogP contribution in [0.1, 0.15) is 16.1 Å². The van der Waals surface area contributed by atoms with Gasteiger partial charge in [0.05, 0.1) is 12.4 Å². The SMILES string of the molecule is C=CCNc1cnc(C(=O)Nc2ccc(Br)cc2C)cn1. The third-order valence-corrected chi connectivity index (χ3v) is 3.24. The van der Waals surface area contributed by atoms with Gasteiger partial charge in [-0.15, -0.1) is 6.58 Å². The second-order valence-electron chi connectivity index (χ2n) is 4.37. The number of carbonyl (C=O) groups is 1. The number of nitrogens with one attached hydrogen (secondary N) is 2. The Morgan fingerprint density at radius 2 is 2.19 bits per heavy atom. The quantitative estimate of drug-likeness (QED) is 0.814. The number of benzene rings is 1. The highest BCUT2D eigenvalue weighted by Gasteiger charge is 2.10. The van der Waals surface area contributed by atoms with Crippen molar-refractivity contribution in [2.24, 2.45) is 0 Å². The van der Waals surface area contributed by atoms with Gasteiger partial charge in [-0.2, -0.15) is 0 Å². The molecule has 0 saturated carbocycles. The molecule has 2 N–H and O–H groups in total. The average molecular weight is 347 g/mol. The predicted molar refractivity (Wildman–Crippen MR) is 87.6 cm³/mol. The summed E-state index contributed by atoms with van der Waals surface area (Å²) in [6.45, 7) is 6.13. The van der Waals surface area contributed by atoms with Crippen LogP contribution in [-0.4, -0.2) is 22.4 Å². The van der Waals surface area contributed by atoms with Crippen LogP contribution in [0.5, 0.6) is 0 Å². The zero-order valence-corrected chi connectivity index (χ0v) is 13.1. The minimum Gasteiger partial charge on any atom is -0.365 e. The highest BCUT2D eigenvalue weighted by Crippen LogP contribution is 2.20. The van der Waals surface area contributed by atoms with Crippen molar-refractivity contribution in [1.82, 2.24) is 9.97 Å².